The molecule has 4 heteroatoms. The normalized spacial score (nSPS) is 13.3. The highest BCUT2D eigenvalue weighted by Gasteiger charge is 2.21. The van der Waals surface area contributed by atoms with Gasteiger partial charge in [0.2, 0.25) is 0 Å². The maximum Gasteiger partial charge on any atom is 0.168 e. The van der Waals surface area contributed by atoms with Crippen LogP contribution < -0.4 is 14.4 Å². The fourth-order valence-corrected chi connectivity index (χ4v) is 2.38. The lowest BCUT2D eigenvalue weighted by atomic mass is 10.1. The Hall–Kier alpha value is -2.49. The number of fused-ring (bicyclic) bond motifs is 1. The zero-order chi connectivity index (χ0) is 13.9. The lowest BCUT2D eigenvalue weighted by molar-refractivity contribution is 0.112. The number of methoxy groups -OCH3 is 1. The summed E-state index contributed by atoms with van der Waals surface area (Å²) in [7, 11) is 1.58. The molecule has 0 atom stereocenters. The van der Waals surface area contributed by atoms with Crippen LogP contribution in [0.2, 0.25) is 0 Å². The summed E-state index contributed by atoms with van der Waals surface area (Å²) < 4.78 is 11.1. The molecule has 1 aliphatic heterocycles. The lowest BCUT2D eigenvalue weighted by Gasteiger charge is -2.31. The molecule has 20 heavy (non-hydrogen) atoms. The first-order chi connectivity index (χ1) is 9.81. The zero-order valence-corrected chi connectivity index (χ0v) is 11.2. The SMILES string of the molecule is COc1cc(C=O)cc2c1OCN(c1ccccc1)C2. The number of benzene rings is 2. The van der Waals surface area contributed by atoms with Crippen molar-refractivity contribution in [2.24, 2.45) is 0 Å². The van der Waals surface area contributed by atoms with Crippen molar-refractivity contribution in [2.75, 3.05) is 18.7 Å². The van der Waals surface area contributed by atoms with Crippen LogP contribution in [0.4, 0.5) is 5.69 Å². The van der Waals surface area contributed by atoms with E-state index in [4.69, 9.17) is 9.47 Å². The molecule has 0 aromatic heterocycles. The van der Waals surface area contributed by atoms with Gasteiger partial charge in [0.1, 0.15) is 6.29 Å². The molecule has 2 aromatic carbocycles. The van der Waals surface area contributed by atoms with E-state index in [-0.39, 0.29) is 0 Å². The average molecular weight is 269 g/mol. The molecule has 0 N–H and O–H groups in total. The van der Waals surface area contributed by atoms with Crippen LogP contribution in [0.15, 0.2) is 42.5 Å². The Kier molecular flexibility index (Phi) is 3.29. The predicted molar refractivity (Wildman–Crippen MR) is 76.5 cm³/mol. The van der Waals surface area contributed by atoms with E-state index in [9.17, 15) is 4.79 Å². The Bertz CT molecular complexity index is 625. The topological polar surface area (TPSA) is 38.8 Å². The van der Waals surface area contributed by atoms with Crippen LogP contribution in [0.3, 0.4) is 0 Å². The first-order valence-corrected chi connectivity index (χ1v) is 6.40. The van der Waals surface area contributed by atoms with E-state index in [2.05, 4.69) is 4.90 Å². The van der Waals surface area contributed by atoms with Gasteiger partial charge in [-0.15, -0.1) is 0 Å². The van der Waals surface area contributed by atoms with Crippen molar-refractivity contribution in [3.63, 3.8) is 0 Å². The van der Waals surface area contributed by atoms with Crippen LogP contribution in [0.1, 0.15) is 15.9 Å². The molecule has 0 amide bonds. The molecule has 0 saturated heterocycles. The summed E-state index contributed by atoms with van der Waals surface area (Å²) in [6, 6.07) is 13.6. The molecule has 0 spiro atoms. The highest BCUT2D eigenvalue weighted by Crippen LogP contribution is 2.37. The third-order valence-electron chi connectivity index (χ3n) is 3.36. The van der Waals surface area contributed by atoms with Gasteiger partial charge in [-0.2, -0.15) is 0 Å². The van der Waals surface area contributed by atoms with Crippen LogP contribution in [0.5, 0.6) is 11.5 Å². The molecular weight excluding hydrogens is 254 g/mol. The second kappa shape index (κ2) is 5.25. The van der Waals surface area contributed by atoms with Gasteiger partial charge in [-0.05, 0) is 24.3 Å². The Morgan fingerprint density at radius 2 is 2.05 bits per heavy atom. The molecule has 0 radical (unpaired) electrons. The zero-order valence-electron chi connectivity index (χ0n) is 11.2. The van der Waals surface area contributed by atoms with Gasteiger partial charge in [-0.3, -0.25) is 4.79 Å². The van der Waals surface area contributed by atoms with Crippen molar-refractivity contribution in [1.29, 1.82) is 0 Å². The minimum Gasteiger partial charge on any atom is -0.493 e. The van der Waals surface area contributed by atoms with E-state index in [1.54, 1.807) is 13.2 Å². The van der Waals surface area contributed by atoms with Crippen LogP contribution in [0, 0.1) is 0 Å². The van der Waals surface area contributed by atoms with Gasteiger partial charge < -0.3 is 14.4 Å². The number of carbonyl (C=O) groups is 1. The molecule has 0 unspecified atom stereocenters. The number of anilines is 1. The summed E-state index contributed by atoms with van der Waals surface area (Å²) in [5.74, 6) is 1.34. The van der Waals surface area contributed by atoms with Gasteiger partial charge in [0.25, 0.3) is 0 Å². The third kappa shape index (κ3) is 2.20. The number of aldehydes is 1. The van der Waals surface area contributed by atoms with Gasteiger partial charge in [-0.1, -0.05) is 18.2 Å². The maximum atomic E-state index is 11.0. The third-order valence-corrected chi connectivity index (χ3v) is 3.36. The van der Waals surface area contributed by atoms with E-state index < -0.39 is 0 Å². The highest BCUT2D eigenvalue weighted by atomic mass is 16.5. The van der Waals surface area contributed by atoms with Gasteiger partial charge >= 0.3 is 0 Å². The van der Waals surface area contributed by atoms with Crippen molar-refractivity contribution in [2.45, 2.75) is 6.54 Å². The molecule has 102 valence electrons. The van der Waals surface area contributed by atoms with E-state index in [0.29, 0.717) is 24.6 Å². The molecular formula is C16H15NO3. The van der Waals surface area contributed by atoms with Gasteiger partial charge in [0.05, 0.1) is 13.7 Å². The minimum absolute atomic E-state index is 0.466. The van der Waals surface area contributed by atoms with E-state index in [1.807, 2.05) is 36.4 Å². The molecule has 4 nitrogen and oxygen atoms in total. The fraction of sp³-hybridized carbons (Fsp3) is 0.188. The Morgan fingerprint density at radius 3 is 2.75 bits per heavy atom. The van der Waals surface area contributed by atoms with Crippen LogP contribution in [-0.2, 0) is 6.54 Å². The number of para-hydroxylation sites is 1. The molecule has 3 rings (SSSR count). The highest BCUT2D eigenvalue weighted by molar-refractivity contribution is 5.77. The minimum atomic E-state index is 0.466. The Balaban J connectivity index is 1.96. The number of nitrogens with zero attached hydrogens (tertiary/aromatic N) is 1. The standard InChI is InChI=1S/C16H15NO3/c1-19-15-8-12(10-18)7-13-9-17(11-20-16(13)15)14-5-3-2-4-6-14/h2-8,10H,9,11H2,1H3. The van der Waals surface area contributed by atoms with Crippen molar-refractivity contribution in [3.8, 4) is 11.5 Å². The van der Waals surface area contributed by atoms with Crippen molar-refractivity contribution in [1.82, 2.24) is 0 Å². The monoisotopic (exact) mass is 269 g/mol. The molecule has 1 heterocycles. The van der Waals surface area contributed by atoms with Crippen LogP contribution in [0.25, 0.3) is 0 Å². The first kappa shape index (κ1) is 12.5. The molecule has 2 aromatic rings. The number of ether oxygens (including phenoxy) is 2. The largest absolute Gasteiger partial charge is 0.493 e. The molecule has 0 bridgehead atoms. The summed E-state index contributed by atoms with van der Waals surface area (Å²) in [6.45, 7) is 1.16. The lowest BCUT2D eigenvalue weighted by Crippen LogP contribution is -2.32. The summed E-state index contributed by atoms with van der Waals surface area (Å²) >= 11 is 0. The fourth-order valence-electron chi connectivity index (χ4n) is 2.38. The van der Waals surface area contributed by atoms with Gasteiger partial charge in [0, 0.05) is 16.8 Å². The van der Waals surface area contributed by atoms with Crippen molar-refractivity contribution < 1.29 is 14.3 Å². The summed E-state index contributed by atoms with van der Waals surface area (Å²) in [5.41, 5.74) is 2.65. The van der Waals surface area contributed by atoms with Gasteiger partial charge in [-0.25, -0.2) is 0 Å². The van der Waals surface area contributed by atoms with Crippen LogP contribution in [-0.4, -0.2) is 20.1 Å². The number of rotatable bonds is 3. The average Bonchev–Trinajstić information content (AvgIpc) is 2.54. The van der Waals surface area contributed by atoms with Crippen molar-refractivity contribution >= 4 is 12.0 Å². The summed E-state index contributed by atoms with van der Waals surface area (Å²) in [4.78, 5) is 13.1. The molecule has 0 saturated carbocycles. The number of hydrogen-bond acceptors (Lipinski definition) is 4. The maximum absolute atomic E-state index is 11.0. The number of hydrogen-bond donors (Lipinski definition) is 0. The van der Waals surface area contributed by atoms with Crippen molar-refractivity contribution in [3.05, 3.63) is 53.6 Å². The predicted octanol–water partition coefficient (Wildman–Crippen LogP) is 2.86. The quantitative estimate of drug-likeness (QED) is 0.803. The summed E-state index contributed by atoms with van der Waals surface area (Å²) in [6.07, 6.45) is 0.824. The summed E-state index contributed by atoms with van der Waals surface area (Å²) in [5, 5.41) is 0. The van der Waals surface area contributed by atoms with E-state index in [0.717, 1.165) is 23.3 Å². The second-order valence-corrected chi connectivity index (χ2v) is 4.64. The molecule has 0 fully saturated rings. The van der Waals surface area contributed by atoms with E-state index in [1.165, 1.54) is 0 Å². The molecule has 1 aliphatic rings. The van der Waals surface area contributed by atoms with E-state index >= 15 is 0 Å². The Morgan fingerprint density at radius 1 is 1.25 bits per heavy atom. The molecule has 0 aliphatic carbocycles. The smallest absolute Gasteiger partial charge is 0.168 e. The van der Waals surface area contributed by atoms with Crippen LogP contribution >= 0.6 is 0 Å². The first-order valence-electron chi connectivity index (χ1n) is 6.40. The second-order valence-electron chi connectivity index (χ2n) is 4.64. The van der Waals surface area contributed by atoms with Gasteiger partial charge in [0.15, 0.2) is 18.2 Å². The number of carbonyl (C=O) groups excluding carboxylic acids is 1. The Labute approximate surface area is 117 Å².